The summed E-state index contributed by atoms with van der Waals surface area (Å²) in [7, 11) is 0. The third-order valence-electron chi connectivity index (χ3n) is 5.88. The largest absolute Gasteiger partial charge is 0.390 e. The number of morpholine rings is 1. The number of alkyl halides is 1. The fourth-order valence-electron chi connectivity index (χ4n) is 4.17. The highest BCUT2D eigenvalue weighted by atomic mass is 35.5. The summed E-state index contributed by atoms with van der Waals surface area (Å²) in [6.45, 7) is 3.70. The first-order chi connectivity index (χ1) is 16.0. The van der Waals surface area contributed by atoms with Crippen LogP contribution in [0.15, 0.2) is 36.4 Å². The Morgan fingerprint density at radius 2 is 1.39 bits per heavy atom. The van der Waals surface area contributed by atoms with Gasteiger partial charge in [-0.15, -0.1) is 11.6 Å². The van der Waals surface area contributed by atoms with Gasteiger partial charge in [-0.1, -0.05) is 24.3 Å². The number of nitrogens with one attached hydrogen (secondary N) is 2. The zero-order valence-electron chi connectivity index (χ0n) is 18.2. The van der Waals surface area contributed by atoms with Crippen LogP contribution in [0.5, 0.6) is 0 Å². The summed E-state index contributed by atoms with van der Waals surface area (Å²) in [5.41, 5.74) is 2.17. The number of hydrogen-bond acceptors (Lipinski definition) is 8. The van der Waals surface area contributed by atoms with Crippen LogP contribution in [0.1, 0.15) is 31.8 Å². The van der Waals surface area contributed by atoms with Crippen LogP contribution in [0.25, 0.3) is 0 Å². The molecule has 2 aliphatic rings. The molecule has 176 valence electrons. The maximum absolute atomic E-state index is 13.4. The van der Waals surface area contributed by atoms with Gasteiger partial charge in [0.2, 0.25) is 0 Å². The van der Waals surface area contributed by atoms with Gasteiger partial charge in [0, 0.05) is 55.2 Å². The van der Waals surface area contributed by atoms with Crippen LogP contribution in [0.4, 0.5) is 11.4 Å². The predicted octanol–water partition coefficient (Wildman–Crippen LogP) is 1.58. The molecule has 1 aliphatic heterocycles. The Labute approximate surface area is 197 Å². The van der Waals surface area contributed by atoms with Gasteiger partial charge in [-0.3, -0.25) is 14.5 Å². The summed E-state index contributed by atoms with van der Waals surface area (Å²) in [6.07, 6.45) is -1.45. The van der Waals surface area contributed by atoms with E-state index in [0.29, 0.717) is 42.3 Å². The number of hydrogen-bond donors (Lipinski definition) is 4. The van der Waals surface area contributed by atoms with Crippen molar-refractivity contribution in [2.24, 2.45) is 0 Å². The van der Waals surface area contributed by atoms with Gasteiger partial charge in [-0.2, -0.15) is 0 Å². The third-order valence-corrected chi connectivity index (χ3v) is 6.24. The number of β-amino-alcohol motifs (C(OH)–C–C–N with tert-alkyl or cyclic N) is 1. The molecule has 1 heterocycles. The van der Waals surface area contributed by atoms with Crippen molar-refractivity contribution >= 4 is 34.5 Å². The van der Waals surface area contributed by atoms with Crippen molar-refractivity contribution in [2.45, 2.75) is 12.2 Å². The lowest BCUT2D eigenvalue weighted by molar-refractivity contribution is 0.0171. The number of anilines is 2. The van der Waals surface area contributed by atoms with Crippen LogP contribution in [0, 0.1) is 0 Å². The lowest BCUT2D eigenvalue weighted by Crippen LogP contribution is -2.42. The minimum Gasteiger partial charge on any atom is -0.390 e. The minimum absolute atomic E-state index is 0.0472. The predicted molar refractivity (Wildman–Crippen MR) is 127 cm³/mol. The van der Waals surface area contributed by atoms with Gasteiger partial charge < -0.3 is 25.6 Å². The average Bonchev–Trinajstić information content (AvgIpc) is 2.85. The topological polar surface area (TPSA) is 111 Å². The van der Waals surface area contributed by atoms with Crippen LogP contribution in [0.3, 0.4) is 0 Å². The number of ketones is 2. The maximum atomic E-state index is 13.4. The van der Waals surface area contributed by atoms with Gasteiger partial charge in [0.15, 0.2) is 11.6 Å². The molecule has 4 rings (SSSR count). The second-order valence-corrected chi connectivity index (χ2v) is 8.56. The molecule has 8 nitrogen and oxygen atoms in total. The lowest BCUT2D eigenvalue weighted by Gasteiger charge is -2.29. The van der Waals surface area contributed by atoms with Crippen LogP contribution in [-0.2, 0) is 4.74 Å². The Hall–Kier alpha value is -2.49. The summed E-state index contributed by atoms with van der Waals surface area (Å²) >= 11 is 5.69. The van der Waals surface area contributed by atoms with Crippen molar-refractivity contribution in [3.05, 3.63) is 58.7 Å². The highest BCUT2D eigenvalue weighted by molar-refractivity contribution is 6.31. The highest BCUT2D eigenvalue weighted by Crippen LogP contribution is 2.36. The van der Waals surface area contributed by atoms with Crippen molar-refractivity contribution in [2.75, 3.05) is 62.5 Å². The zero-order valence-corrected chi connectivity index (χ0v) is 19.0. The number of aliphatic hydroxyl groups excluding tert-OH is 2. The Kier molecular flexibility index (Phi) is 7.62. The second kappa shape index (κ2) is 10.6. The standard InChI is InChI=1S/C24H28ClN3O5/c25-11-15(29)12-26-19-5-6-20(27-13-16(30)14-28-7-9-33-10-8-28)22-21(19)23(31)17-3-1-2-4-18(17)24(22)32/h1-6,15-16,26-27,29-30H,7-14H2. The molecule has 1 aliphatic carbocycles. The van der Waals surface area contributed by atoms with E-state index in [4.69, 9.17) is 16.3 Å². The molecule has 2 unspecified atom stereocenters. The van der Waals surface area contributed by atoms with E-state index < -0.39 is 12.2 Å². The summed E-state index contributed by atoms with van der Waals surface area (Å²) in [5, 5.41) is 26.6. The molecule has 0 radical (unpaired) electrons. The maximum Gasteiger partial charge on any atom is 0.196 e. The number of aliphatic hydroxyl groups is 2. The second-order valence-electron chi connectivity index (χ2n) is 8.25. The lowest BCUT2D eigenvalue weighted by atomic mass is 9.82. The number of carbonyl (C=O) groups excluding carboxylic acids is 2. The number of halogens is 1. The zero-order chi connectivity index (χ0) is 23.4. The van der Waals surface area contributed by atoms with E-state index in [9.17, 15) is 19.8 Å². The molecule has 1 fully saturated rings. The SMILES string of the molecule is O=C1c2ccccc2C(=O)c2c(NCC(O)CN3CCOCC3)ccc(NCC(O)CCl)c21. The van der Waals surface area contributed by atoms with Gasteiger partial charge in [-0.05, 0) is 12.1 Å². The Balaban J connectivity index is 1.60. The smallest absolute Gasteiger partial charge is 0.196 e. The van der Waals surface area contributed by atoms with Gasteiger partial charge >= 0.3 is 0 Å². The van der Waals surface area contributed by atoms with Crippen LogP contribution in [0.2, 0.25) is 0 Å². The number of nitrogens with zero attached hydrogens (tertiary/aromatic N) is 1. The average molecular weight is 474 g/mol. The van der Waals surface area contributed by atoms with Crippen molar-refractivity contribution in [3.8, 4) is 0 Å². The molecule has 0 aromatic heterocycles. The number of fused-ring (bicyclic) bond motifs is 2. The summed E-state index contributed by atoms with van der Waals surface area (Å²) in [4.78, 5) is 28.9. The Morgan fingerprint density at radius 3 is 1.91 bits per heavy atom. The molecule has 9 heteroatoms. The molecule has 33 heavy (non-hydrogen) atoms. The minimum atomic E-state index is -0.794. The first-order valence-corrected chi connectivity index (χ1v) is 11.6. The van der Waals surface area contributed by atoms with E-state index in [0.717, 1.165) is 13.1 Å². The van der Waals surface area contributed by atoms with Gasteiger partial charge in [0.05, 0.1) is 42.4 Å². The molecule has 0 saturated carbocycles. The molecule has 2 aromatic carbocycles. The molecule has 4 N–H and O–H groups in total. The third kappa shape index (κ3) is 5.20. The first kappa shape index (κ1) is 23.7. The molecule has 2 aromatic rings. The molecule has 1 saturated heterocycles. The van der Waals surface area contributed by atoms with E-state index >= 15 is 0 Å². The molecular formula is C24H28ClN3O5. The summed E-state index contributed by atoms with van der Waals surface area (Å²) in [6, 6.07) is 10.2. The quantitative estimate of drug-likeness (QED) is 0.347. The molecule has 0 bridgehead atoms. The Morgan fingerprint density at radius 1 is 0.879 bits per heavy atom. The van der Waals surface area contributed by atoms with E-state index in [1.165, 1.54) is 0 Å². The van der Waals surface area contributed by atoms with Crippen molar-refractivity contribution in [1.82, 2.24) is 4.90 Å². The van der Waals surface area contributed by atoms with Crippen molar-refractivity contribution in [1.29, 1.82) is 0 Å². The van der Waals surface area contributed by atoms with E-state index in [1.54, 1.807) is 36.4 Å². The molecular weight excluding hydrogens is 446 g/mol. The number of benzene rings is 2. The highest BCUT2D eigenvalue weighted by Gasteiger charge is 2.34. The van der Waals surface area contributed by atoms with E-state index in [-0.39, 0.29) is 41.7 Å². The monoisotopic (exact) mass is 473 g/mol. The fourth-order valence-corrected chi connectivity index (χ4v) is 4.28. The first-order valence-electron chi connectivity index (χ1n) is 11.0. The number of carbonyl (C=O) groups is 2. The molecule has 0 spiro atoms. The van der Waals surface area contributed by atoms with Crippen LogP contribution < -0.4 is 10.6 Å². The molecule has 2 atom stereocenters. The van der Waals surface area contributed by atoms with Gasteiger partial charge in [-0.25, -0.2) is 0 Å². The van der Waals surface area contributed by atoms with Gasteiger partial charge in [0.1, 0.15) is 0 Å². The summed E-state index contributed by atoms with van der Waals surface area (Å²) in [5.74, 6) is -0.474. The van der Waals surface area contributed by atoms with Gasteiger partial charge in [0.25, 0.3) is 0 Å². The van der Waals surface area contributed by atoms with E-state index in [2.05, 4.69) is 15.5 Å². The molecule has 0 amide bonds. The van der Waals surface area contributed by atoms with Crippen LogP contribution >= 0.6 is 11.6 Å². The van der Waals surface area contributed by atoms with E-state index in [1.807, 2.05) is 0 Å². The van der Waals surface area contributed by atoms with Crippen LogP contribution in [-0.4, -0.2) is 90.7 Å². The van der Waals surface area contributed by atoms with Crippen molar-refractivity contribution < 1.29 is 24.5 Å². The normalized spacial score (nSPS) is 17.8. The fraction of sp³-hybridized carbons (Fsp3) is 0.417. The number of ether oxygens (including phenoxy) is 1. The summed E-state index contributed by atoms with van der Waals surface area (Å²) < 4.78 is 5.34. The Bertz CT molecular complexity index is 1030. The number of rotatable bonds is 9. The van der Waals surface area contributed by atoms with Crippen molar-refractivity contribution in [3.63, 3.8) is 0 Å².